The average Bonchev–Trinajstić information content (AvgIpc) is 2.76. The highest BCUT2D eigenvalue weighted by Gasteiger charge is 2.36. The SMILES string of the molecule is Cn1cc(CN2C(=O)CCC2C(=O)O)nn1. The molecule has 7 nitrogen and oxygen atoms in total. The van der Waals surface area contributed by atoms with Gasteiger partial charge in [-0.25, -0.2) is 4.79 Å². The number of carbonyl (C=O) groups excluding carboxylic acids is 1. The smallest absolute Gasteiger partial charge is 0.326 e. The third kappa shape index (κ3) is 1.88. The van der Waals surface area contributed by atoms with Gasteiger partial charge in [0.25, 0.3) is 0 Å². The van der Waals surface area contributed by atoms with Gasteiger partial charge in [0.15, 0.2) is 0 Å². The number of hydrogen-bond acceptors (Lipinski definition) is 4. The molecule has 0 saturated carbocycles. The Morgan fingerprint density at radius 2 is 2.44 bits per heavy atom. The predicted octanol–water partition coefficient (Wildman–Crippen LogP) is -0.609. The summed E-state index contributed by atoms with van der Waals surface area (Å²) in [5.41, 5.74) is 0.601. The Labute approximate surface area is 91.7 Å². The fourth-order valence-electron chi connectivity index (χ4n) is 1.83. The summed E-state index contributed by atoms with van der Waals surface area (Å²) in [6.07, 6.45) is 2.33. The fourth-order valence-corrected chi connectivity index (χ4v) is 1.83. The van der Waals surface area contributed by atoms with Gasteiger partial charge in [-0.3, -0.25) is 9.48 Å². The van der Waals surface area contributed by atoms with Crippen LogP contribution in [-0.4, -0.2) is 42.9 Å². The van der Waals surface area contributed by atoms with E-state index in [4.69, 9.17) is 5.11 Å². The first-order valence-electron chi connectivity index (χ1n) is 4.95. The zero-order valence-corrected chi connectivity index (χ0v) is 8.83. The number of amides is 1. The van der Waals surface area contributed by atoms with E-state index in [1.165, 1.54) is 9.58 Å². The maximum atomic E-state index is 11.5. The van der Waals surface area contributed by atoms with Crippen LogP contribution >= 0.6 is 0 Å². The van der Waals surface area contributed by atoms with Crippen LogP contribution in [0, 0.1) is 0 Å². The number of aromatic nitrogens is 3. The molecule has 1 aromatic heterocycles. The first kappa shape index (κ1) is 10.6. The van der Waals surface area contributed by atoms with E-state index < -0.39 is 12.0 Å². The minimum Gasteiger partial charge on any atom is -0.480 e. The van der Waals surface area contributed by atoms with Crippen molar-refractivity contribution in [3.8, 4) is 0 Å². The molecule has 1 unspecified atom stereocenters. The van der Waals surface area contributed by atoms with Gasteiger partial charge in [-0.05, 0) is 6.42 Å². The third-order valence-corrected chi connectivity index (χ3v) is 2.60. The maximum Gasteiger partial charge on any atom is 0.326 e. The normalized spacial score (nSPS) is 20.4. The van der Waals surface area contributed by atoms with Gasteiger partial charge in [0.2, 0.25) is 5.91 Å². The van der Waals surface area contributed by atoms with Crippen LogP contribution in [0.15, 0.2) is 6.20 Å². The van der Waals surface area contributed by atoms with Gasteiger partial charge >= 0.3 is 5.97 Å². The molecular weight excluding hydrogens is 212 g/mol. The van der Waals surface area contributed by atoms with Crippen molar-refractivity contribution in [3.05, 3.63) is 11.9 Å². The van der Waals surface area contributed by atoms with E-state index in [1.807, 2.05) is 0 Å². The molecule has 7 heteroatoms. The van der Waals surface area contributed by atoms with E-state index in [-0.39, 0.29) is 18.9 Å². The molecule has 0 bridgehead atoms. The molecule has 2 rings (SSSR count). The first-order valence-corrected chi connectivity index (χ1v) is 4.95. The van der Waals surface area contributed by atoms with Gasteiger partial charge < -0.3 is 10.0 Å². The van der Waals surface area contributed by atoms with Crippen LogP contribution in [0.25, 0.3) is 0 Å². The molecule has 0 radical (unpaired) electrons. The van der Waals surface area contributed by atoms with E-state index in [0.717, 1.165) is 0 Å². The molecule has 1 atom stereocenters. The van der Waals surface area contributed by atoms with Crippen molar-refractivity contribution in [1.82, 2.24) is 19.9 Å². The van der Waals surface area contributed by atoms with Crippen LogP contribution in [0.4, 0.5) is 0 Å². The second-order valence-corrected chi connectivity index (χ2v) is 3.80. The number of carboxylic acids is 1. The number of hydrogen-bond donors (Lipinski definition) is 1. The minimum atomic E-state index is -0.963. The molecule has 1 N–H and O–H groups in total. The van der Waals surface area contributed by atoms with E-state index in [0.29, 0.717) is 12.1 Å². The average molecular weight is 224 g/mol. The van der Waals surface area contributed by atoms with Crippen molar-refractivity contribution in [2.24, 2.45) is 7.05 Å². The zero-order valence-electron chi connectivity index (χ0n) is 8.83. The van der Waals surface area contributed by atoms with Crippen molar-refractivity contribution in [3.63, 3.8) is 0 Å². The molecule has 1 aliphatic heterocycles. The lowest BCUT2D eigenvalue weighted by Crippen LogP contribution is -2.38. The van der Waals surface area contributed by atoms with Gasteiger partial charge in [0.05, 0.1) is 6.54 Å². The molecule has 1 amide bonds. The Hall–Kier alpha value is -1.92. The second-order valence-electron chi connectivity index (χ2n) is 3.80. The lowest BCUT2D eigenvalue weighted by atomic mass is 10.2. The summed E-state index contributed by atoms with van der Waals surface area (Å²) in [5.74, 6) is -1.10. The predicted molar refractivity (Wildman–Crippen MR) is 52.2 cm³/mol. The number of aryl methyl sites for hydroxylation is 1. The monoisotopic (exact) mass is 224 g/mol. The Balaban J connectivity index is 2.12. The summed E-state index contributed by atoms with van der Waals surface area (Å²) in [6.45, 7) is 0.212. The summed E-state index contributed by atoms with van der Waals surface area (Å²) in [4.78, 5) is 23.8. The molecule has 0 aliphatic carbocycles. The van der Waals surface area contributed by atoms with Crippen LogP contribution in [0.1, 0.15) is 18.5 Å². The van der Waals surface area contributed by atoms with E-state index in [2.05, 4.69) is 10.3 Å². The van der Waals surface area contributed by atoms with Crippen LogP contribution in [-0.2, 0) is 23.2 Å². The van der Waals surface area contributed by atoms with E-state index in [1.54, 1.807) is 13.2 Å². The molecule has 2 heterocycles. The maximum absolute atomic E-state index is 11.5. The quantitative estimate of drug-likeness (QED) is 0.740. The zero-order chi connectivity index (χ0) is 11.7. The standard InChI is InChI=1S/C9H12N4O3/c1-12-4-6(10-11-12)5-13-7(9(15)16)2-3-8(13)14/h4,7H,2-3,5H2,1H3,(H,15,16). The van der Waals surface area contributed by atoms with Crippen molar-refractivity contribution in [2.45, 2.75) is 25.4 Å². The summed E-state index contributed by atoms with van der Waals surface area (Å²) in [6, 6.07) is -0.727. The Bertz CT molecular complexity index is 428. The topological polar surface area (TPSA) is 88.3 Å². The van der Waals surface area contributed by atoms with Gasteiger partial charge in [-0.2, -0.15) is 0 Å². The van der Waals surface area contributed by atoms with Gasteiger partial charge in [-0.15, -0.1) is 5.10 Å². The highest BCUT2D eigenvalue weighted by molar-refractivity contribution is 5.87. The van der Waals surface area contributed by atoms with Crippen LogP contribution < -0.4 is 0 Å². The highest BCUT2D eigenvalue weighted by Crippen LogP contribution is 2.20. The number of rotatable bonds is 3. The Morgan fingerprint density at radius 3 is 3.00 bits per heavy atom. The van der Waals surface area contributed by atoms with Gasteiger partial charge in [-0.1, -0.05) is 5.21 Å². The molecule has 0 spiro atoms. The van der Waals surface area contributed by atoms with E-state index in [9.17, 15) is 9.59 Å². The molecular formula is C9H12N4O3. The molecule has 1 aromatic rings. The summed E-state index contributed by atoms with van der Waals surface area (Å²) in [5, 5.41) is 16.5. The number of nitrogens with zero attached hydrogens (tertiary/aromatic N) is 4. The van der Waals surface area contributed by atoms with Gasteiger partial charge in [0, 0.05) is 19.7 Å². The van der Waals surface area contributed by atoms with E-state index >= 15 is 0 Å². The van der Waals surface area contributed by atoms with Gasteiger partial charge in [0.1, 0.15) is 11.7 Å². The fraction of sp³-hybridized carbons (Fsp3) is 0.556. The molecule has 0 aromatic carbocycles. The second kappa shape index (κ2) is 3.92. The summed E-state index contributed by atoms with van der Waals surface area (Å²) in [7, 11) is 1.72. The van der Waals surface area contributed by atoms with Crippen LogP contribution in [0.5, 0.6) is 0 Å². The molecule has 1 fully saturated rings. The molecule has 16 heavy (non-hydrogen) atoms. The lowest BCUT2D eigenvalue weighted by Gasteiger charge is -2.19. The van der Waals surface area contributed by atoms with Crippen LogP contribution in [0.3, 0.4) is 0 Å². The summed E-state index contributed by atoms with van der Waals surface area (Å²) < 4.78 is 1.52. The summed E-state index contributed by atoms with van der Waals surface area (Å²) >= 11 is 0. The Morgan fingerprint density at radius 1 is 1.69 bits per heavy atom. The molecule has 1 saturated heterocycles. The largest absolute Gasteiger partial charge is 0.480 e. The third-order valence-electron chi connectivity index (χ3n) is 2.60. The lowest BCUT2D eigenvalue weighted by molar-refractivity contribution is -0.146. The van der Waals surface area contributed by atoms with Crippen molar-refractivity contribution >= 4 is 11.9 Å². The number of carbonyl (C=O) groups is 2. The minimum absolute atomic E-state index is 0.141. The number of carboxylic acid groups (broad SMARTS) is 1. The number of aliphatic carboxylic acids is 1. The molecule has 86 valence electrons. The number of likely N-dealkylation sites (tertiary alicyclic amines) is 1. The van der Waals surface area contributed by atoms with Crippen molar-refractivity contribution < 1.29 is 14.7 Å². The van der Waals surface area contributed by atoms with Crippen LogP contribution in [0.2, 0.25) is 0 Å². The van der Waals surface area contributed by atoms with Crippen molar-refractivity contribution in [2.75, 3.05) is 0 Å². The molecule has 1 aliphatic rings. The van der Waals surface area contributed by atoms with Crippen molar-refractivity contribution in [1.29, 1.82) is 0 Å². The Kier molecular flexibility index (Phi) is 2.59. The first-order chi connectivity index (χ1) is 7.58. The highest BCUT2D eigenvalue weighted by atomic mass is 16.4.